The van der Waals surface area contributed by atoms with Crippen molar-refractivity contribution in [2.24, 2.45) is 0 Å². The Bertz CT molecular complexity index is 1350. The number of aromatic carboxylic acids is 1. The van der Waals surface area contributed by atoms with Crippen molar-refractivity contribution >= 4 is 33.5 Å². The summed E-state index contributed by atoms with van der Waals surface area (Å²) in [7, 11) is -1.57. The largest absolute Gasteiger partial charge is 0.478 e. The summed E-state index contributed by atoms with van der Waals surface area (Å²) < 4.78 is 15.5. The molecule has 0 saturated heterocycles. The molecule has 1 aliphatic carbocycles. The molecule has 6 heteroatoms. The fourth-order valence-corrected chi connectivity index (χ4v) is 5.31. The van der Waals surface area contributed by atoms with E-state index < -0.39 is 17.0 Å². The van der Waals surface area contributed by atoms with Crippen molar-refractivity contribution in [3.05, 3.63) is 101 Å². The zero-order valence-corrected chi connectivity index (χ0v) is 19.1. The molecular formula is C27H24N2O3S. The van der Waals surface area contributed by atoms with Gasteiger partial charge in [0.15, 0.2) is 11.0 Å². The van der Waals surface area contributed by atoms with Crippen molar-refractivity contribution < 1.29 is 14.1 Å². The Morgan fingerprint density at radius 3 is 2.39 bits per heavy atom. The van der Waals surface area contributed by atoms with Crippen LogP contribution in [0.15, 0.2) is 83.9 Å². The molecule has 33 heavy (non-hydrogen) atoms. The predicted octanol–water partition coefficient (Wildman–Crippen LogP) is 5.85. The third kappa shape index (κ3) is 4.39. The van der Waals surface area contributed by atoms with Gasteiger partial charge < -0.3 is 5.11 Å². The summed E-state index contributed by atoms with van der Waals surface area (Å²) in [5.41, 5.74) is 3.52. The lowest BCUT2D eigenvalue weighted by Gasteiger charge is -2.25. The monoisotopic (exact) mass is 456 g/mol. The number of carboxylic acid groups (broad SMARTS) is 1. The number of rotatable bonds is 7. The number of benzene rings is 3. The van der Waals surface area contributed by atoms with Crippen molar-refractivity contribution in [1.29, 1.82) is 0 Å². The molecule has 1 aromatic heterocycles. The van der Waals surface area contributed by atoms with Crippen LogP contribution in [0.1, 0.15) is 45.8 Å². The minimum absolute atomic E-state index is 0.165. The molecule has 1 atom stereocenters. The molecular weight excluding hydrogens is 432 g/mol. The lowest BCUT2D eigenvalue weighted by molar-refractivity contribution is 0.0697. The van der Waals surface area contributed by atoms with E-state index in [0.29, 0.717) is 23.2 Å². The van der Waals surface area contributed by atoms with Crippen molar-refractivity contribution in [1.82, 2.24) is 4.98 Å². The Hall–Kier alpha value is -3.51. The predicted molar refractivity (Wildman–Crippen MR) is 131 cm³/mol. The number of nitrogens with zero attached hydrogens (tertiary/aromatic N) is 2. The van der Waals surface area contributed by atoms with Crippen LogP contribution in [0.25, 0.3) is 10.8 Å². The maximum Gasteiger partial charge on any atom is 0.335 e. The van der Waals surface area contributed by atoms with Gasteiger partial charge in [-0.2, -0.15) is 0 Å². The van der Waals surface area contributed by atoms with Crippen LogP contribution in [-0.2, 0) is 17.5 Å². The summed E-state index contributed by atoms with van der Waals surface area (Å²) in [4.78, 5) is 16.5. The first-order chi connectivity index (χ1) is 16.0. The second-order valence-corrected chi connectivity index (χ2v) is 9.84. The molecule has 1 unspecified atom stereocenters. The van der Waals surface area contributed by atoms with Crippen molar-refractivity contribution in [3.63, 3.8) is 0 Å². The lowest BCUT2D eigenvalue weighted by atomic mass is 10.1. The maximum atomic E-state index is 13.8. The number of hydrogen-bond acceptors (Lipinski definition) is 3. The Labute approximate surface area is 195 Å². The van der Waals surface area contributed by atoms with E-state index in [9.17, 15) is 14.1 Å². The van der Waals surface area contributed by atoms with Crippen LogP contribution in [0, 0.1) is 6.92 Å². The van der Waals surface area contributed by atoms with Gasteiger partial charge in [-0.25, -0.2) is 14.0 Å². The average molecular weight is 457 g/mol. The second kappa shape index (κ2) is 8.79. The standard InChI is InChI=1S/C27H24N2O3S/c1-18-25-5-3-2-4-23(25)16-28-26(18)29(17-19-6-8-20(9-7-19)21-10-11-21)33(32)24-14-12-22(13-15-24)27(30)31/h2-9,12-16,21H,10-11,17H2,1H3,(H,30,31). The third-order valence-corrected chi connectivity index (χ3v) is 7.50. The van der Waals surface area contributed by atoms with Crippen molar-refractivity contribution in [3.8, 4) is 0 Å². The molecule has 0 bridgehead atoms. The second-order valence-electron chi connectivity index (χ2n) is 8.43. The van der Waals surface area contributed by atoms with E-state index in [0.717, 1.165) is 21.9 Å². The van der Waals surface area contributed by atoms with Crippen LogP contribution >= 0.6 is 0 Å². The number of anilines is 1. The van der Waals surface area contributed by atoms with Gasteiger partial charge in [-0.3, -0.25) is 4.31 Å². The molecule has 1 fully saturated rings. The Kier molecular flexibility index (Phi) is 5.68. The number of aryl methyl sites for hydroxylation is 1. The first-order valence-corrected chi connectivity index (χ1v) is 12.1. The van der Waals surface area contributed by atoms with Gasteiger partial charge in [0.05, 0.1) is 17.0 Å². The van der Waals surface area contributed by atoms with Crippen LogP contribution < -0.4 is 4.31 Å². The van der Waals surface area contributed by atoms with Crippen LogP contribution in [-0.4, -0.2) is 20.3 Å². The van der Waals surface area contributed by atoms with E-state index in [-0.39, 0.29) is 5.56 Å². The van der Waals surface area contributed by atoms with Gasteiger partial charge in [-0.1, -0.05) is 48.5 Å². The Morgan fingerprint density at radius 2 is 1.73 bits per heavy atom. The minimum atomic E-state index is -1.57. The van der Waals surface area contributed by atoms with Crippen LogP contribution in [0.5, 0.6) is 0 Å². The number of fused-ring (bicyclic) bond motifs is 1. The molecule has 1 N–H and O–H groups in total. The maximum absolute atomic E-state index is 13.8. The van der Waals surface area contributed by atoms with Gasteiger partial charge in [0, 0.05) is 17.1 Å². The molecule has 1 saturated carbocycles. The third-order valence-electron chi connectivity index (χ3n) is 6.12. The Balaban J connectivity index is 1.54. The Morgan fingerprint density at radius 1 is 1.03 bits per heavy atom. The zero-order valence-electron chi connectivity index (χ0n) is 18.3. The molecule has 0 radical (unpaired) electrons. The lowest BCUT2D eigenvalue weighted by Crippen LogP contribution is -2.27. The molecule has 4 aromatic rings. The molecule has 1 heterocycles. The highest BCUT2D eigenvalue weighted by molar-refractivity contribution is 7.86. The first-order valence-electron chi connectivity index (χ1n) is 11.0. The zero-order chi connectivity index (χ0) is 22.9. The highest BCUT2D eigenvalue weighted by atomic mass is 32.2. The van der Waals surface area contributed by atoms with E-state index >= 15 is 0 Å². The fourth-order valence-electron chi connectivity index (χ4n) is 4.08. The van der Waals surface area contributed by atoms with Crippen LogP contribution in [0.2, 0.25) is 0 Å². The molecule has 5 nitrogen and oxygen atoms in total. The summed E-state index contributed by atoms with van der Waals surface area (Å²) in [6.45, 7) is 2.42. The summed E-state index contributed by atoms with van der Waals surface area (Å²) in [5, 5.41) is 11.3. The van der Waals surface area contributed by atoms with E-state index in [1.54, 1.807) is 16.4 Å². The fraction of sp³-hybridized carbons (Fsp3) is 0.185. The summed E-state index contributed by atoms with van der Waals surface area (Å²) >= 11 is 0. The number of carbonyl (C=O) groups is 1. The van der Waals surface area contributed by atoms with Gasteiger partial charge in [0.1, 0.15) is 5.82 Å². The smallest absolute Gasteiger partial charge is 0.335 e. The van der Waals surface area contributed by atoms with E-state index in [1.165, 1.54) is 30.5 Å². The van der Waals surface area contributed by atoms with Crippen molar-refractivity contribution in [2.75, 3.05) is 4.31 Å². The van der Waals surface area contributed by atoms with E-state index in [1.807, 2.05) is 37.4 Å². The van der Waals surface area contributed by atoms with Crippen LogP contribution in [0.3, 0.4) is 0 Å². The molecule has 0 spiro atoms. The summed E-state index contributed by atoms with van der Waals surface area (Å²) in [5.74, 6) is 0.328. The quantitative estimate of drug-likeness (QED) is 0.379. The van der Waals surface area contributed by atoms with Gasteiger partial charge in [-0.05, 0) is 66.5 Å². The molecule has 0 aliphatic heterocycles. The molecule has 166 valence electrons. The minimum Gasteiger partial charge on any atom is -0.478 e. The number of hydrogen-bond donors (Lipinski definition) is 1. The van der Waals surface area contributed by atoms with Gasteiger partial charge >= 0.3 is 5.97 Å². The molecule has 5 rings (SSSR count). The van der Waals surface area contributed by atoms with Gasteiger partial charge in [0.2, 0.25) is 0 Å². The van der Waals surface area contributed by atoms with Crippen molar-refractivity contribution in [2.45, 2.75) is 37.1 Å². The number of aromatic nitrogens is 1. The van der Waals surface area contributed by atoms with Crippen LogP contribution in [0.4, 0.5) is 5.82 Å². The average Bonchev–Trinajstić information content (AvgIpc) is 3.69. The SMILES string of the molecule is Cc1c(N(Cc2ccc(C3CC3)cc2)S(=O)c2ccc(C(=O)O)cc2)ncc2ccccc12. The highest BCUT2D eigenvalue weighted by Crippen LogP contribution is 2.40. The number of carboxylic acids is 1. The van der Waals surface area contributed by atoms with E-state index in [4.69, 9.17) is 0 Å². The van der Waals surface area contributed by atoms with Gasteiger partial charge in [0.25, 0.3) is 0 Å². The van der Waals surface area contributed by atoms with E-state index in [2.05, 4.69) is 29.2 Å². The molecule has 1 aliphatic rings. The number of pyridine rings is 1. The first kappa shape index (κ1) is 21.3. The summed E-state index contributed by atoms with van der Waals surface area (Å²) in [6.07, 6.45) is 4.32. The summed E-state index contributed by atoms with van der Waals surface area (Å²) in [6, 6.07) is 22.7. The normalized spacial score (nSPS) is 14.2. The molecule has 3 aromatic carbocycles. The molecule has 0 amide bonds. The highest BCUT2D eigenvalue weighted by Gasteiger charge is 2.24. The van der Waals surface area contributed by atoms with Gasteiger partial charge in [-0.15, -0.1) is 0 Å². The topological polar surface area (TPSA) is 70.5 Å².